The summed E-state index contributed by atoms with van der Waals surface area (Å²) in [5, 5.41) is 3.60. The van der Waals surface area contributed by atoms with Crippen molar-refractivity contribution in [1.82, 2.24) is 15.3 Å². The summed E-state index contributed by atoms with van der Waals surface area (Å²) in [6, 6.07) is 9.79. The fourth-order valence-electron chi connectivity index (χ4n) is 2.70. The van der Waals surface area contributed by atoms with Gasteiger partial charge in [0, 0.05) is 17.8 Å². The van der Waals surface area contributed by atoms with E-state index >= 15 is 0 Å². The van der Waals surface area contributed by atoms with Crippen LogP contribution in [0.15, 0.2) is 40.2 Å². The zero-order valence-corrected chi connectivity index (χ0v) is 13.6. The SMILES string of the molecule is O=C(CSc1nc(=O)[nH]c2c1CCCC2)NCc1ccccc1. The minimum atomic E-state index is -0.321. The van der Waals surface area contributed by atoms with Gasteiger partial charge in [0.2, 0.25) is 5.91 Å². The lowest BCUT2D eigenvalue weighted by Crippen LogP contribution is -2.25. The number of rotatable bonds is 5. The van der Waals surface area contributed by atoms with E-state index in [1.54, 1.807) is 0 Å². The van der Waals surface area contributed by atoms with Crippen LogP contribution in [0.3, 0.4) is 0 Å². The molecule has 0 radical (unpaired) electrons. The van der Waals surface area contributed by atoms with Crippen molar-refractivity contribution in [3.63, 3.8) is 0 Å². The van der Waals surface area contributed by atoms with Gasteiger partial charge in [-0.25, -0.2) is 4.79 Å². The molecule has 0 aliphatic heterocycles. The predicted molar refractivity (Wildman–Crippen MR) is 90.5 cm³/mol. The summed E-state index contributed by atoms with van der Waals surface area (Å²) in [5.74, 6) is 0.223. The molecule has 1 heterocycles. The van der Waals surface area contributed by atoms with E-state index in [0.29, 0.717) is 11.6 Å². The molecular formula is C17H19N3O2S. The molecule has 1 aliphatic carbocycles. The van der Waals surface area contributed by atoms with Gasteiger partial charge in [-0.05, 0) is 31.2 Å². The van der Waals surface area contributed by atoms with Crippen LogP contribution in [0.5, 0.6) is 0 Å². The monoisotopic (exact) mass is 329 g/mol. The highest BCUT2D eigenvalue weighted by atomic mass is 32.2. The molecule has 120 valence electrons. The molecule has 0 unspecified atom stereocenters. The van der Waals surface area contributed by atoms with Crippen molar-refractivity contribution in [2.24, 2.45) is 0 Å². The van der Waals surface area contributed by atoms with Crippen molar-refractivity contribution >= 4 is 17.7 Å². The lowest BCUT2D eigenvalue weighted by molar-refractivity contribution is -0.118. The number of nitrogens with one attached hydrogen (secondary N) is 2. The van der Waals surface area contributed by atoms with E-state index in [1.165, 1.54) is 11.8 Å². The Balaban J connectivity index is 1.59. The molecule has 0 bridgehead atoms. The highest BCUT2D eigenvalue weighted by Gasteiger charge is 2.17. The summed E-state index contributed by atoms with van der Waals surface area (Å²) in [7, 11) is 0. The average Bonchev–Trinajstić information content (AvgIpc) is 2.58. The molecule has 0 fully saturated rings. The van der Waals surface area contributed by atoms with Crippen LogP contribution in [-0.4, -0.2) is 21.6 Å². The molecule has 2 aromatic rings. The molecule has 1 aromatic carbocycles. The largest absolute Gasteiger partial charge is 0.351 e. The maximum absolute atomic E-state index is 12.0. The first-order valence-corrected chi connectivity index (χ1v) is 8.76. The van der Waals surface area contributed by atoms with Crippen LogP contribution >= 0.6 is 11.8 Å². The Labute approximate surface area is 138 Å². The third-order valence-corrected chi connectivity index (χ3v) is 4.88. The molecule has 2 N–H and O–H groups in total. The second-order valence-electron chi connectivity index (χ2n) is 5.56. The zero-order chi connectivity index (χ0) is 16.1. The average molecular weight is 329 g/mol. The number of benzene rings is 1. The van der Waals surface area contributed by atoms with Gasteiger partial charge in [0.15, 0.2) is 0 Å². The van der Waals surface area contributed by atoms with E-state index in [-0.39, 0.29) is 17.3 Å². The highest BCUT2D eigenvalue weighted by molar-refractivity contribution is 7.99. The fraction of sp³-hybridized carbons (Fsp3) is 0.353. The van der Waals surface area contributed by atoms with Crippen LogP contribution in [0, 0.1) is 0 Å². The molecule has 5 nitrogen and oxygen atoms in total. The highest BCUT2D eigenvalue weighted by Crippen LogP contribution is 2.26. The van der Waals surface area contributed by atoms with Crippen LogP contribution in [0.25, 0.3) is 0 Å². The Morgan fingerprint density at radius 3 is 2.83 bits per heavy atom. The van der Waals surface area contributed by atoms with Gasteiger partial charge in [0.25, 0.3) is 0 Å². The molecule has 6 heteroatoms. The number of carbonyl (C=O) groups excluding carboxylic acids is 1. The molecule has 1 amide bonds. The number of nitrogens with zero attached hydrogens (tertiary/aromatic N) is 1. The van der Waals surface area contributed by atoms with E-state index in [4.69, 9.17) is 0 Å². The standard InChI is InChI=1S/C17H19N3O2S/c21-15(18-10-12-6-2-1-3-7-12)11-23-16-13-8-4-5-9-14(13)19-17(22)20-16/h1-3,6-7H,4-5,8-11H2,(H,18,21)(H,19,20,22). The van der Waals surface area contributed by atoms with E-state index in [2.05, 4.69) is 15.3 Å². The van der Waals surface area contributed by atoms with E-state index in [1.807, 2.05) is 30.3 Å². The first-order chi connectivity index (χ1) is 11.2. The quantitative estimate of drug-likeness (QED) is 0.650. The lowest BCUT2D eigenvalue weighted by Gasteiger charge is -2.17. The van der Waals surface area contributed by atoms with E-state index < -0.39 is 0 Å². The van der Waals surface area contributed by atoms with Crippen molar-refractivity contribution in [3.8, 4) is 0 Å². The van der Waals surface area contributed by atoms with Gasteiger partial charge in [-0.3, -0.25) is 4.79 Å². The molecule has 0 spiro atoms. The van der Waals surface area contributed by atoms with E-state index in [9.17, 15) is 9.59 Å². The zero-order valence-electron chi connectivity index (χ0n) is 12.8. The van der Waals surface area contributed by atoms with Crippen molar-refractivity contribution in [2.45, 2.75) is 37.3 Å². The summed E-state index contributed by atoms with van der Waals surface area (Å²) < 4.78 is 0. The minimum Gasteiger partial charge on any atom is -0.351 e. The maximum atomic E-state index is 12.0. The molecule has 0 atom stereocenters. The number of hydrogen-bond acceptors (Lipinski definition) is 4. The van der Waals surface area contributed by atoms with Gasteiger partial charge in [-0.1, -0.05) is 42.1 Å². The Hall–Kier alpha value is -2.08. The van der Waals surface area contributed by atoms with Gasteiger partial charge in [0.05, 0.1) is 5.75 Å². The number of aryl methyl sites for hydroxylation is 1. The Morgan fingerprint density at radius 1 is 1.22 bits per heavy atom. The molecule has 23 heavy (non-hydrogen) atoms. The summed E-state index contributed by atoms with van der Waals surface area (Å²) >= 11 is 1.35. The fourth-order valence-corrected chi connectivity index (χ4v) is 3.61. The third-order valence-electron chi connectivity index (χ3n) is 3.86. The maximum Gasteiger partial charge on any atom is 0.346 e. The predicted octanol–water partition coefficient (Wildman–Crippen LogP) is 2.06. The Kier molecular flexibility index (Phi) is 5.12. The van der Waals surface area contributed by atoms with Gasteiger partial charge in [-0.15, -0.1) is 0 Å². The summed E-state index contributed by atoms with van der Waals surface area (Å²) in [4.78, 5) is 30.5. The number of aromatic nitrogens is 2. The lowest BCUT2D eigenvalue weighted by atomic mass is 9.98. The second kappa shape index (κ2) is 7.46. The number of hydrogen-bond donors (Lipinski definition) is 2. The molecule has 1 aliphatic rings. The first-order valence-electron chi connectivity index (χ1n) is 7.78. The summed E-state index contributed by atoms with van der Waals surface area (Å²) in [6.45, 7) is 0.515. The second-order valence-corrected chi connectivity index (χ2v) is 6.53. The number of carbonyl (C=O) groups is 1. The number of fused-ring (bicyclic) bond motifs is 1. The molecule has 0 saturated heterocycles. The van der Waals surface area contributed by atoms with Crippen molar-refractivity contribution in [2.75, 3.05) is 5.75 Å². The van der Waals surface area contributed by atoms with Gasteiger partial charge < -0.3 is 10.3 Å². The molecule has 1 aromatic heterocycles. The van der Waals surface area contributed by atoms with Crippen molar-refractivity contribution in [1.29, 1.82) is 0 Å². The molecule has 0 saturated carbocycles. The first kappa shape index (κ1) is 15.8. The van der Waals surface area contributed by atoms with Gasteiger partial charge in [0.1, 0.15) is 5.03 Å². The molecular weight excluding hydrogens is 310 g/mol. The number of thioether (sulfide) groups is 1. The van der Waals surface area contributed by atoms with Crippen molar-refractivity contribution < 1.29 is 4.79 Å². The van der Waals surface area contributed by atoms with Crippen LogP contribution in [0.2, 0.25) is 0 Å². The Bertz CT molecular complexity index is 743. The molecule has 3 rings (SSSR count). The van der Waals surface area contributed by atoms with E-state index in [0.717, 1.165) is 42.5 Å². The van der Waals surface area contributed by atoms with Crippen LogP contribution in [-0.2, 0) is 24.2 Å². The van der Waals surface area contributed by atoms with Crippen LogP contribution in [0.4, 0.5) is 0 Å². The van der Waals surface area contributed by atoms with Gasteiger partial charge >= 0.3 is 5.69 Å². The summed E-state index contributed by atoms with van der Waals surface area (Å²) in [5.41, 5.74) is 2.84. The number of H-pyrrole nitrogens is 1. The minimum absolute atomic E-state index is 0.0505. The number of amides is 1. The van der Waals surface area contributed by atoms with Crippen molar-refractivity contribution in [3.05, 3.63) is 57.6 Å². The van der Waals surface area contributed by atoms with Crippen LogP contribution in [0.1, 0.15) is 29.7 Å². The number of aromatic amines is 1. The normalized spacial score (nSPS) is 13.4. The topological polar surface area (TPSA) is 74.8 Å². The Morgan fingerprint density at radius 2 is 2.00 bits per heavy atom. The smallest absolute Gasteiger partial charge is 0.346 e. The third kappa shape index (κ3) is 4.22. The summed E-state index contributed by atoms with van der Waals surface area (Å²) in [6.07, 6.45) is 4.01. The van der Waals surface area contributed by atoms with Gasteiger partial charge in [-0.2, -0.15) is 4.98 Å². The van der Waals surface area contributed by atoms with Crippen LogP contribution < -0.4 is 11.0 Å².